The number of carbonyl (C=O) groups excluding carboxylic acids is 1. The van der Waals surface area contributed by atoms with E-state index >= 15 is 0 Å². The maximum absolute atomic E-state index is 11.5. The molecule has 0 unspecified atom stereocenters. The number of aromatic nitrogens is 2. The topological polar surface area (TPSA) is 75.0 Å². The third-order valence-electron chi connectivity index (χ3n) is 3.40. The molecule has 0 aromatic carbocycles. The first-order chi connectivity index (χ1) is 9.50. The number of piperazine rings is 1. The number of rotatable bonds is 3. The first kappa shape index (κ1) is 13.5. The third kappa shape index (κ3) is 2.21. The van der Waals surface area contributed by atoms with Crippen LogP contribution in [0.5, 0.6) is 0 Å². The minimum Gasteiger partial charge on any atom is -0.352 e. The summed E-state index contributed by atoms with van der Waals surface area (Å²) in [5.41, 5.74) is 0.522. The third-order valence-corrected chi connectivity index (χ3v) is 5.46. The van der Waals surface area contributed by atoms with E-state index in [1.165, 1.54) is 21.9 Å². The number of sulfonamides is 1. The van der Waals surface area contributed by atoms with Crippen molar-refractivity contribution in [3.05, 3.63) is 17.3 Å². The molecule has 3 heterocycles. The second kappa shape index (κ2) is 4.83. The van der Waals surface area contributed by atoms with Gasteiger partial charge in [-0.25, -0.2) is 13.4 Å². The molecule has 20 heavy (non-hydrogen) atoms. The number of anilines is 1. The van der Waals surface area contributed by atoms with Crippen molar-refractivity contribution in [1.82, 2.24) is 13.7 Å². The van der Waals surface area contributed by atoms with Crippen molar-refractivity contribution in [2.45, 2.75) is 0 Å². The molecular weight excluding hydrogens is 300 g/mol. The van der Waals surface area contributed by atoms with Crippen LogP contribution in [0.1, 0.15) is 10.5 Å². The zero-order valence-corrected chi connectivity index (χ0v) is 12.5. The summed E-state index contributed by atoms with van der Waals surface area (Å²) < 4.78 is 26.2. The fourth-order valence-corrected chi connectivity index (χ4v) is 3.91. The zero-order valence-electron chi connectivity index (χ0n) is 10.9. The van der Waals surface area contributed by atoms with Crippen LogP contribution in [0.4, 0.5) is 5.82 Å². The Morgan fingerprint density at radius 3 is 2.60 bits per heavy atom. The lowest BCUT2D eigenvalue weighted by molar-refractivity contribution is 0.111. The molecule has 1 aliphatic heterocycles. The van der Waals surface area contributed by atoms with E-state index < -0.39 is 10.0 Å². The molecule has 1 fully saturated rings. The molecule has 0 saturated carbocycles. The largest absolute Gasteiger partial charge is 0.352 e. The van der Waals surface area contributed by atoms with Crippen LogP contribution in [0.25, 0.3) is 4.96 Å². The van der Waals surface area contributed by atoms with Crippen molar-refractivity contribution < 1.29 is 13.2 Å². The summed E-state index contributed by atoms with van der Waals surface area (Å²) in [6.45, 7) is 1.92. The minimum absolute atomic E-state index is 0.419. The van der Waals surface area contributed by atoms with Gasteiger partial charge in [-0.3, -0.25) is 9.20 Å². The highest BCUT2D eigenvalue weighted by molar-refractivity contribution is 7.88. The maximum Gasteiger partial charge on any atom is 0.211 e. The molecule has 7 nitrogen and oxygen atoms in total. The van der Waals surface area contributed by atoms with E-state index in [1.54, 1.807) is 4.40 Å². The Labute approximate surface area is 120 Å². The van der Waals surface area contributed by atoms with Gasteiger partial charge in [-0.05, 0) is 0 Å². The molecule has 1 saturated heterocycles. The van der Waals surface area contributed by atoms with Gasteiger partial charge in [0.05, 0.1) is 6.26 Å². The van der Waals surface area contributed by atoms with Gasteiger partial charge in [0.15, 0.2) is 17.1 Å². The number of fused-ring (bicyclic) bond motifs is 1. The van der Waals surface area contributed by atoms with Crippen LogP contribution in [0.2, 0.25) is 0 Å². The smallest absolute Gasteiger partial charge is 0.211 e. The normalized spacial score (nSPS) is 17.8. The van der Waals surface area contributed by atoms with E-state index in [2.05, 4.69) is 4.98 Å². The van der Waals surface area contributed by atoms with Gasteiger partial charge in [0, 0.05) is 37.8 Å². The number of hydrogen-bond acceptors (Lipinski definition) is 6. The quantitative estimate of drug-likeness (QED) is 0.761. The Bertz CT molecular complexity index is 741. The summed E-state index contributed by atoms with van der Waals surface area (Å²) in [5.74, 6) is 0.639. The van der Waals surface area contributed by atoms with Crippen LogP contribution < -0.4 is 4.90 Å². The standard InChI is InChI=1S/C11H14N4O3S2/c1-20(17,18)14-4-2-13(3-5-14)10-9(8-16)15-6-7-19-11(15)12-10/h6-8H,2-5H2,1H3. The van der Waals surface area contributed by atoms with E-state index in [4.69, 9.17) is 0 Å². The Morgan fingerprint density at radius 1 is 1.30 bits per heavy atom. The van der Waals surface area contributed by atoms with Gasteiger partial charge >= 0.3 is 0 Å². The minimum atomic E-state index is -3.15. The molecule has 0 amide bonds. The second-order valence-corrected chi connectivity index (χ2v) is 7.50. The molecule has 3 rings (SSSR count). The van der Waals surface area contributed by atoms with Gasteiger partial charge in [0.1, 0.15) is 5.69 Å². The first-order valence-corrected chi connectivity index (χ1v) is 8.84. The molecule has 2 aromatic heterocycles. The lowest BCUT2D eigenvalue weighted by atomic mass is 10.3. The number of carbonyl (C=O) groups is 1. The average molecular weight is 314 g/mol. The predicted molar refractivity (Wildman–Crippen MR) is 77.1 cm³/mol. The SMILES string of the molecule is CS(=O)(=O)N1CCN(c2nc3sccn3c2C=O)CC1. The summed E-state index contributed by atoms with van der Waals surface area (Å²) in [6, 6.07) is 0. The van der Waals surface area contributed by atoms with Gasteiger partial charge in [0.2, 0.25) is 10.0 Å². The highest BCUT2D eigenvalue weighted by Gasteiger charge is 2.26. The van der Waals surface area contributed by atoms with E-state index in [0.29, 0.717) is 37.7 Å². The second-order valence-electron chi connectivity index (χ2n) is 4.64. The molecule has 0 atom stereocenters. The van der Waals surface area contributed by atoms with Crippen molar-refractivity contribution in [2.75, 3.05) is 37.3 Å². The summed E-state index contributed by atoms with van der Waals surface area (Å²) in [5, 5.41) is 1.88. The number of nitrogens with zero attached hydrogens (tertiary/aromatic N) is 4. The van der Waals surface area contributed by atoms with Crippen LogP contribution in [0.15, 0.2) is 11.6 Å². The Morgan fingerprint density at radius 2 is 2.00 bits per heavy atom. The first-order valence-electron chi connectivity index (χ1n) is 6.11. The lowest BCUT2D eigenvalue weighted by Gasteiger charge is -2.33. The number of thiazole rings is 1. The average Bonchev–Trinajstić information content (AvgIpc) is 2.97. The van der Waals surface area contributed by atoms with Crippen molar-refractivity contribution in [1.29, 1.82) is 0 Å². The molecule has 2 aromatic rings. The maximum atomic E-state index is 11.5. The van der Waals surface area contributed by atoms with Crippen LogP contribution in [0.3, 0.4) is 0 Å². The Hall–Kier alpha value is -1.45. The molecule has 0 aliphatic carbocycles. The Balaban J connectivity index is 1.86. The highest BCUT2D eigenvalue weighted by Crippen LogP contribution is 2.24. The highest BCUT2D eigenvalue weighted by atomic mass is 32.2. The molecule has 0 radical (unpaired) electrons. The van der Waals surface area contributed by atoms with Crippen LogP contribution >= 0.6 is 11.3 Å². The summed E-state index contributed by atoms with van der Waals surface area (Å²) in [6.07, 6.45) is 3.82. The van der Waals surface area contributed by atoms with E-state index in [9.17, 15) is 13.2 Å². The fourth-order valence-electron chi connectivity index (χ4n) is 2.37. The number of aldehydes is 1. The van der Waals surface area contributed by atoms with Gasteiger partial charge in [0.25, 0.3) is 0 Å². The summed E-state index contributed by atoms with van der Waals surface area (Å²) in [4.78, 5) is 18.5. The van der Waals surface area contributed by atoms with Gasteiger partial charge in [-0.1, -0.05) is 0 Å². The monoisotopic (exact) mass is 314 g/mol. The molecule has 0 bridgehead atoms. The molecule has 0 spiro atoms. The molecular formula is C11H14N4O3S2. The molecule has 1 aliphatic rings. The lowest BCUT2D eigenvalue weighted by Crippen LogP contribution is -2.48. The van der Waals surface area contributed by atoms with Crippen LogP contribution in [-0.4, -0.2) is 60.8 Å². The van der Waals surface area contributed by atoms with Gasteiger partial charge < -0.3 is 4.90 Å². The van der Waals surface area contributed by atoms with Crippen LogP contribution in [0, 0.1) is 0 Å². The van der Waals surface area contributed by atoms with Crippen molar-refractivity contribution in [2.24, 2.45) is 0 Å². The van der Waals surface area contributed by atoms with Gasteiger partial charge in [-0.2, -0.15) is 4.31 Å². The van der Waals surface area contributed by atoms with E-state index in [0.717, 1.165) is 11.2 Å². The predicted octanol–water partition coefficient (Wildman–Crippen LogP) is 0.290. The zero-order chi connectivity index (χ0) is 14.3. The van der Waals surface area contributed by atoms with Crippen molar-refractivity contribution in [3.8, 4) is 0 Å². The molecule has 108 valence electrons. The molecule has 9 heteroatoms. The van der Waals surface area contributed by atoms with Crippen LogP contribution in [-0.2, 0) is 10.0 Å². The summed E-state index contributed by atoms with van der Waals surface area (Å²) in [7, 11) is -3.15. The van der Waals surface area contributed by atoms with Crippen molar-refractivity contribution in [3.63, 3.8) is 0 Å². The Kier molecular flexibility index (Phi) is 3.27. The van der Waals surface area contributed by atoms with E-state index in [1.807, 2.05) is 16.5 Å². The van der Waals surface area contributed by atoms with Crippen molar-refractivity contribution >= 4 is 38.4 Å². The van der Waals surface area contributed by atoms with E-state index in [-0.39, 0.29) is 0 Å². The molecule has 0 N–H and O–H groups in total. The fraction of sp³-hybridized carbons (Fsp3) is 0.455. The number of imidazole rings is 1. The van der Waals surface area contributed by atoms with Gasteiger partial charge in [-0.15, -0.1) is 11.3 Å². The summed E-state index contributed by atoms with van der Waals surface area (Å²) >= 11 is 1.47. The number of hydrogen-bond donors (Lipinski definition) is 0.